The van der Waals surface area contributed by atoms with Crippen molar-refractivity contribution in [1.82, 2.24) is 14.9 Å². The molecule has 0 bridgehead atoms. The van der Waals surface area contributed by atoms with Crippen molar-refractivity contribution in [3.05, 3.63) is 46.8 Å². The molecule has 0 aliphatic heterocycles. The predicted molar refractivity (Wildman–Crippen MR) is 120 cm³/mol. The van der Waals surface area contributed by atoms with Gasteiger partial charge in [-0.3, -0.25) is 14.4 Å². The van der Waals surface area contributed by atoms with E-state index in [-0.39, 0.29) is 40.3 Å². The van der Waals surface area contributed by atoms with Gasteiger partial charge in [-0.1, -0.05) is 11.6 Å². The topological polar surface area (TPSA) is 130 Å². The van der Waals surface area contributed by atoms with Crippen LogP contribution >= 0.6 is 11.6 Å². The standard InChI is InChI=1S/C22H27ClFN5O4/c1-12(10-33-2)29(22(32)19-18(20(25)30)26-11-27-19)15-6-3-13(4-7-15)21(31)28-17-8-5-14(24)9-16(17)23/h5,8-9,11-13,15H,3-4,6-7,10H2,1-2H3,(H2,25,30)(H,26,27)(H,28,31)/t12-,13?,15?/m0/s1. The van der Waals surface area contributed by atoms with Crippen molar-refractivity contribution in [3.63, 3.8) is 0 Å². The zero-order valence-corrected chi connectivity index (χ0v) is 19.2. The maximum Gasteiger partial charge on any atom is 0.273 e. The van der Waals surface area contributed by atoms with Crippen LogP contribution in [0.5, 0.6) is 0 Å². The number of benzene rings is 1. The molecule has 4 N–H and O–H groups in total. The number of nitrogens with one attached hydrogen (secondary N) is 2. The molecule has 1 aromatic carbocycles. The normalized spacial score (nSPS) is 19.0. The van der Waals surface area contributed by atoms with Gasteiger partial charge in [-0.15, -0.1) is 0 Å². The van der Waals surface area contributed by atoms with Crippen LogP contribution < -0.4 is 11.1 Å². The smallest absolute Gasteiger partial charge is 0.273 e. The summed E-state index contributed by atoms with van der Waals surface area (Å²) in [6, 6.07) is 3.36. The number of halogens is 2. The van der Waals surface area contributed by atoms with Crippen molar-refractivity contribution < 1.29 is 23.5 Å². The van der Waals surface area contributed by atoms with E-state index in [9.17, 15) is 18.8 Å². The van der Waals surface area contributed by atoms with E-state index in [1.54, 1.807) is 12.0 Å². The number of aromatic amines is 1. The number of nitrogens with two attached hydrogens (primary N) is 1. The van der Waals surface area contributed by atoms with Crippen LogP contribution in [0.15, 0.2) is 24.5 Å². The maximum absolute atomic E-state index is 13.3. The summed E-state index contributed by atoms with van der Waals surface area (Å²) in [5.41, 5.74) is 5.63. The van der Waals surface area contributed by atoms with Crippen LogP contribution in [0.4, 0.5) is 10.1 Å². The Bertz CT molecular complexity index is 1020. The first-order valence-electron chi connectivity index (χ1n) is 10.6. The number of H-pyrrole nitrogens is 1. The van der Waals surface area contributed by atoms with Gasteiger partial charge >= 0.3 is 0 Å². The Morgan fingerprint density at radius 3 is 2.64 bits per heavy atom. The molecule has 9 nitrogen and oxygen atoms in total. The van der Waals surface area contributed by atoms with Gasteiger partial charge in [-0.05, 0) is 50.8 Å². The zero-order valence-electron chi connectivity index (χ0n) is 18.4. The van der Waals surface area contributed by atoms with Crippen molar-refractivity contribution in [1.29, 1.82) is 0 Å². The van der Waals surface area contributed by atoms with E-state index in [4.69, 9.17) is 22.1 Å². The lowest BCUT2D eigenvalue weighted by molar-refractivity contribution is -0.121. The van der Waals surface area contributed by atoms with Crippen molar-refractivity contribution in [2.75, 3.05) is 19.0 Å². The van der Waals surface area contributed by atoms with E-state index in [2.05, 4.69) is 15.3 Å². The van der Waals surface area contributed by atoms with E-state index in [0.29, 0.717) is 38.0 Å². The van der Waals surface area contributed by atoms with Gasteiger partial charge < -0.3 is 25.7 Å². The van der Waals surface area contributed by atoms with Gasteiger partial charge in [0.05, 0.1) is 29.7 Å². The van der Waals surface area contributed by atoms with Crippen LogP contribution in [0.25, 0.3) is 0 Å². The van der Waals surface area contributed by atoms with E-state index in [1.165, 1.54) is 18.5 Å². The van der Waals surface area contributed by atoms with E-state index in [0.717, 1.165) is 6.07 Å². The highest BCUT2D eigenvalue weighted by Crippen LogP contribution is 2.32. The van der Waals surface area contributed by atoms with Crippen molar-refractivity contribution >= 4 is 35.0 Å². The number of carbonyl (C=O) groups excluding carboxylic acids is 3. The van der Waals surface area contributed by atoms with Gasteiger partial charge in [-0.25, -0.2) is 9.37 Å². The summed E-state index contributed by atoms with van der Waals surface area (Å²) in [6.45, 7) is 2.16. The molecule has 0 spiro atoms. The Morgan fingerprint density at radius 1 is 1.33 bits per heavy atom. The third-order valence-corrected chi connectivity index (χ3v) is 6.17. The summed E-state index contributed by atoms with van der Waals surface area (Å²) in [4.78, 5) is 46.0. The summed E-state index contributed by atoms with van der Waals surface area (Å²) < 4.78 is 18.5. The summed E-state index contributed by atoms with van der Waals surface area (Å²) in [5.74, 6) is -2.14. The zero-order chi connectivity index (χ0) is 24.1. The van der Waals surface area contributed by atoms with E-state index >= 15 is 0 Å². The molecular weight excluding hydrogens is 453 g/mol. The van der Waals surface area contributed by atoms with Crippen LogP contribution in [0.3, 0.4) is 0 Å². The second-order valence-electron chi connectivity index (χ2n) is 8.13. The van der Waals surface area contributed by atoms with E-state index < -0.39 is 17.6 Å². The number of carbonyl (C=O) groups is 3. The lowest BCUT2D eigenvalue weighted by atomic mass is 9.84. The highest BCUT2D eigenvalue weighted by molar-refractivity contribution is 6.33. The Kier molecular flexibility index (Phi) is 8.04. The van der Waals surface area contributed by atoms with E-state index in [1.807, 2.05) is 6.92 Å². The fourth-order valence-electron chi connectivity index (χ4n) is 4.26. The van der Waals surface area contributed by atoms with Crippen molar-refractivity contribution in [2.24, 2.45) is 11.7 Å². The second kappa shape index (κ2) is 10.8. The number of ether oxygens (including phenoxy) is 1. The summed E-state index contributed by atoms with van der Waals surface area (Å²) in [7, 11) is 1.55. The van der Waals surface area contributed by atoms with Crippen LogP contribution in [0.1, 0.15) is 53.6 Å². The molecule has 1 aliphatic carbocycles. The minimum absolute atomic E-state index is 0.0382. The first kappa shape index (κ1) is 24.7. The van der Waals surface area contributed by atoms with Crippen LogP contribution in [-0.2, 0) is 9.53 Å². The molecule has 1 fully saturated rings. The molecule has 1 saturated carbocycles. The van der Waals surface area contributed by atoms with Gasteiger partial charge in [0.2, 0.25) is 5.91 Å². The van der Waals surface area contributed by atoms with Crippen LogP contribution in [0.2, 0.25) is 5.02 Å². The Labute approximate surface area is 195 Å². The number of hydrogen-bond acceptors (Lipinski definition) is 5. The molecule has 0 unspecified atom stereocenters. The average Bonchev–Trinajstić information content (AvgIpc) is 3.27. The van der Waals surface area contributed by atoms with Gasteiger partial charge in [0.15, 0.2) is 5.69 Å². The molecule has 0 saturated heterocycles. The van der Waals surface area contributed by atoms with Gasteiger partial charge in [-0.2, -0.15) is 0 Å². The molecule has 2 aromatic rings. The number of amides is 3. The summed E-state index contributed by atoms with van der Waals surface area (Å²) in [6.07, 6.45) is 3.51. The Balaban J connectivity index is 1.70. The number of imidazole rings is 1. The molecule has 1 aliphatic rings. The minimum Gasteiger partial charge on any atom is -0.383 e. The number of methoxy groups -OCH3 is 1. The quantitative estimate of drug-likeness (QED) is 0.535. The first-order chi connectivity index (χ1) is 15.7. The highest BCUT2D eigenvalue weighted by Gasteiger charge is 2.36. The lowest BCUT2D eigenvalue weighted by Gasteiger charge is -2.39. The largest absolute Gasteiger partial charge is 0.383 e. The number of nitrogens with zero attached hydrogens (tertiary/aromatic N) is 2. The van der Waals surface area contributed by atoms with Gasteiger partial charge in [0.1, 0.15) is 11.5 Å². The summed E-state index contributed by atoms with van der Waals surface area (Å²) >= 11 is 6.01. The molecule has 33 heavy (non-hydrogen) atoms. The van der Waals surface area contributed by atoms with Crippen molar-refractivity contribution in [3.8, 4) is 0 Å². The summed E-state index contributed by atoms with van der Waals surface area (Å²) in [5, 5.41) is 2.89. The Morgan fingerprint density at radius 2 is 2.03 bits per heavy atom. The molecule has 0 radical (unpaired) electrons. The fourth-order valence-corrected chi connectivity index (χ4v) is 4.48. The minimum atomic E-state index is -0.793. The van der Waals surface area contributed by atoms with Gasteiger partial charge in [0, 0.05) is 19.1 Å². The third kappa shape index (κ3) is 5.69. The molecule has 1 aromatic heterocycles. The third-order valence-electron chi connectivity index (χ3n) is 5.85. The molecule has 178 valence electrons. The number of aromatic nitrogens is 2. The molecule has 3 amide bonds. The highest BCUT2D eigenvalue weighted by atomic mass is 35.5. The van der Waals surface area contributed by atoms with Crippen molar-refractivity contribution in [2.45, 2.75) is 44.7 Å². The van der Waals surface area contributed by atoms with Crippen LogP contribution in [-0.4, -0.2) is 58.4 Å². The predicted octanol–water partition coefficient (Wildman–Crippen LogP) is 2.98. The molecule has 11 heteroatoms. The number of hydrogen-bond donors (Lipinski definition) is 3. The molecular formula is C22H27ClFN5O4. The number of primary amides is 1. The molecule has 1 heterocycles. The maximum atomic E-state index is 13.3. The Hall–Kier alpha value is -2.98. The average molecular weight is 480 g/mol. The fraction of sp³-hybridized carbons (Fsp3) is 0.455. The lowest BCUT2D eigenvalue weighted by Crippen LogP contribution is -2.50. The van der Waals surface area contributed by atoms with Gasteiger partial charge in [0.25, 0.3) is 11.8 Å². The monoisotopic (exact) mass is 479 g/mol. The molecule has 3 rings (SSSR count). The van der Waals surface area contributed by atoms with Crippen LogP contribution in [0, 0.1) is 11.7 Å². The number of anilines is 1. The first-order valence-corrected chi connectivity index (χ1v) is 11.0. The SMILES string of the molecule is COC[C@H](C)N(C(=O)c1[nH]cnc1C(N)=O)C1CCC(C(=O)Nc2ccc(F)cc2Cl)CC1. The molecule has 1 atom stereocenters. The second-order valence-corrected chi connectivity index (χ2v) is 8.53. The number of rotatable bonds is 8.